The number of rotatable bonds is 7. The smallest absolute Gasteiger partial charge is 0.329 e. The van der Waals surface area contributed by atoms with Gasteiger partial charge in [-0.1, -0.05) is 87.9 Å². The fraction of sp³-hybridized carbons (Fsp3) is 0.0417. The average Bonchev–Trinajstić information content (AvgIpc) is 3.34. The second-order valence-corrected chi connectivity index (χ2v) is 8.72. The molecule has 0 fully saturated rings. The molecule has 0 aliphatic heterocycles. The van der Waals surface area contributed by atoms with E-state index in [1.165, 1.54) is 17.6 Å². The Bertz CT molecular complexity index is 1310. The van der Waals surface area contributed by atoms with Gasteiger partial charge in [0.2, 0.25) is 5.13 Å². The zero-order valence-corrected chi connectivity index (χ0v) is 20.0. The predicted molar refractivity (Wildman–Crippen MR) is 135 cm³/mol. The summed E-state index contributed by atoms with van der Waals surface area (Å²) in [4.78, 5) is 24.3. The molecular formula is C24H18BrN5O3S. The molecule has 2 N–H and O–H groups in total. The van der Waals surface area contributed by atoms with Crippen LogP contribution in [0, 0.1) is 0 Å². The number of benzene rings is 3. The molecule has 0 saturated heterocycles. The number of hydrazone groups is 1. The van der Waals surface area contributed by atoms with Crippen LogP contribution in [-0.2, 0) is 16.2 Å². The third-order valence-corrected chi connectivity index (χ3v) is 6.07. The Balaban J connectivity index is 1.31. The molecule has 0 aliphatic carbocycles. The topological polar surface area (TPSA) is 106 Å². The highest BCUT2D eigenvalue weighted by atomic mass is 79.9. The number of carbonyl (C=O) groups is 2. The maximum Gasteiger partial charge on any atom is 0.329 e. The van der Waals surface area contributed by atoms with E-state index in [0.29, 0.717) is 22.9 Å². The fourth-order valence-corrected chi connectivity index (χ4v) is 3.88. The van der Waals surface area contributed by atoms with E-state index in [4.69, 9.17) is 4.74 Å². The van der Waals surface area contributed by atoms with Crippen molar-refractivity contribution in [1.82, 2.24) is 15.6 Å². The molecule has 0 unspecified atom stereocenters. The summed E-state index contributed by atoms with van der Waals surface area (Å²) in [5.74, 6) is -1.18. The minimum Gasteiger partial charge on any atom is -0.489 e. The van der Waals surface area contributed by atoms with Crippen molar-refractivity contribution < 1.29 is 14.3 Å². The van der Waals surface area contributed by atoms with Gasteiger partial charge in [-0.05, 0) is 23.8 Å². The Hall–Kier alpha value is -3.89. The molecule has 34 heavy (non-hydrogen) atoms. The van der Waals surface area contributed by atoms with Gasteiger partial charge in [0.25, 0.3) is 0 Å². The summed E-state index contributed by atoms with van der Waals surface area (Å²) in [6.07, 6.45) is 1.42. The van der Waals surface area contributed by atoms with Gasteiger partial charge in [-0.25, -0.2) is 5.43 Å². The van der Waals surface area contributed by atoms with Crippen LogP contribution in [0.3, 0.4) is 0 Å². The summed E-state index contributed by atoms with van der Waals surface area (Å²) in [6, 6.07) is 24.6. The molecule has 0 atom stereocenters. The van der Waals surface area contributed by atoms with E-state index in [-0.39, 0.29) is 5.13 Å². The first kappa shape index (κ1) is 23.3. The molecule has 170 valence electrons. The van der Waals surface area contributed by atoms with Crippen molar-refractivity contribution in [2.24, 2.45) is 5.10 Å². The molecule has 8 nitrogen and oxygen atoms in total. The van der Waals surface area contributed by atoms with Gasteiger partial charge in [0.1, 0.15) is 17.4 Å². The summed E-state index contributed by atoms with van der Waals surface area (Å²) >= 11 is 4.60. The second kappa shape index (κ2) is 11.3. The minimum atomic E-state index is -0.930. The summed E-state index contributed by atoms with van der Waals surface area (Å²) in [5.41, 5.74) is 4.79. The Labute approximate surface area is 207 Å². The van der Waals surface area contributed by atoms with Crippen molar-refractivity contribution in [2.45, 2.75) is 6.61 Å². The molecular weight excluding hydrogens is 518 g/mol. The Morgan fingerprint density at radius 2 is 1.71 bits per heavy atom. The molecule has 3 aromatic carbocycles. The third kappa shape index (κ3) is 6.33. The summed E-state index contributed by atoms with van der Waals surface area (Å²) < 4.78 is 6.56. The number of aromatic nitrogens is 2. The van der Waals surface area contributed by atoms with Crippen LogP contribution in [0.4, 0.5) is 5.13 Å². The number of hydrogen-bond donors (Lipinski definition) is 2. The summed E-state index contributed by atoms with van der Waals surface area (Å²) in [7, 11) is 0. The number of ether oxygens (including phenoxy) is 1. The van der Waals surface area contributed by atoms with Gasteiger partial charge in [0.15, 0.2) is 0 Å². The molecule has 0 bridgehead atoms. The zero-order valence-electron chi connectivity index (χ0n) is 17.6. The number of hydrogen-bond acceptors (Lipinski definition) is 7. The van der Waals surface area contributed by atoms with Crippen LogP contribution < -0.4 is 15.5 Å². The SMILES string of the molecule is O=C(N/N=C/c1cc(OCc2ccccc2)ccc1Br)C(=O)Nc1nnc(-c2ccccc2)s1. The highest BCUT2D eigenvalue weighted by molar-refractivity contribution is 9.10. The number of carbonyl (C=O) groups excluding carboxylic acids is 2. The number of nitrogens with one attached hydrogen (secondary N) is 2. The van der Waals surface area contributed by atoms with Crippen molar-refractivity contribution in [3.63, 3.8) is 0 Å². The van der Waals surface area contributed by atoms with Gasteiger partial charge in [-0.2, -0.15) is 5.10 Å². The largest absolute Gasteiger partial charge is 0.489 e. The Morgan fingerprint density at radius 1 is 0.971 bits per heavy atom. The minimum absolute atomic E-state index is 0.217. The second-order valence-electron chi connectivity index (χ2n) is 6.89. The Kier molecular flexibility index (Phi) is 7.74. The molecule has 0 spiro atoms. The van der Waals surface area contributed by atoms with E-state index >= 15 is 0 Å². The van der Waals surface area contributed by atoms with E-state index in [9.17, 15) is 9.59 Å². The first-order valence-corrected chi connectivity index (χ1v) is 11.7. The first-order chi connectivity index (χ1) is 16.6. The lowest BCUT2D eigenvalue weighted by Gasteiger charge is -2.08. The van der Waals surface area contributed by atoms with Crippen molar-refractivity contribution in [1.29, 1.82) is 0 Å². The number of nitrogens with zero attached hydrogens (tertiary/aromatic N) is 3. The predicted octanol–water partition coefficient (Wildman–Crippen LogP) is 4.64. The van der Waals surface area contributed by atoms with Crippen LogP contribution in [-0.4, -0.2) is 28.2 Å². The standard InChI is InChI=1S/C24H18BrN5O3S/c25-20-12-11-19(33-15-16-7-3-1-4-8-16)13-18(20)14-26-28-22(32)21(31)27-24-30-29-23(34-24)17-9-5-2-6-10-17/h1-14H,15H2,(H,28,32)(H,27,30,31)/b26-14+. The van der Waals surface area contributed by atoms with Gasteiger partial charge in [0.05, 0.1) is 6.21 Å². The lowest BCUT2D eigenvalue weighted by Crippen LogP contribution is -2.32. The molecule has 1 heterocycles. The molecule has 10 heteroatoms. The first-order valence-electron chi connectivity index (χ1n) is 10.1. The lowest BCUT2D eigenvalue weighted by atomic mass is 10.2. The van der Waals surface area contributed by atoms with Gasteiger partial charge in [-0.3, -0.25) is 14.9 Å². The Morgan fingerprint density at radius 3 is 2.47 bits per heavy atom. The van der Waals surface area contributed by atoms with E-state index < -0.39 is 11.8 Å². The zero-order chi connectivity index (χ0) is 23.8. The monoisotopic (exact) mass is 535 g/mol. The average molecular weight is 536 g/mol. The number of anilines is 1. The van der Waals surface area contributed by atoms with Crippen LogP contribution in [0.25, 0.3) is 10.6 Å². The van der Waals surface area contributed by atoms with E-state index in [1.807, 2.05) is 72.8 Å². The van der Waals surface area contributed by atoms with Gasteiger partial charge in [-0.15, -0.1) is 10.2 Å². The van der Waals surface area contributed by atoms with Gasteiger partial charge in [0, 0.05) is 15.6 Å². The quantitative estimate of drug-likeness (QED) is 0.204. The molecule has 4 aromatic rings. The van der Waals surface area contributed by atoms with Crippen LogP contribution in [0.5, 0.6) is 5.75 Å². The maximum atomic E-state index is 12.2. The molecule has 2 amide bonds. The van der Waals surface area contributed by atoms with Crippen LogP contribution in [0.2, 0.25) is 0 Å². The number of halogens is 1. The highest BCUT2D eigenvalue weighted by Crippen LogP contribution is 2.26. The van der Waals surface area contributed by atoms with Crippen molar-refractivity contribution >= 4 is 50.4 Å². The maximum absolute atomic E-state index is 12.2. The summed E-state index contributed by atoms with van der Waals surface area (Å²) in [5, 5.41) is 15.1. The van der Waals surface area contributed by atoms with Gasteiger partial charge < -0.3 is 4.74 Å². The van der Waals surface area contributed by atoms with E-state index in [0.717, 1.165) is 15.6 Å². The molecule has 1 aromatic heterocycles. The lowest BCUT2D eigenvalue weighted by molar-refractivity contribution is -0.136. The van der Waals surface area contributed by atoms with Crippen LogP contribution in [0.1, 0.15) is 11.1 Å². The molecule has 0 saturated carbocycles. The third-order valence-electron chi connectivity index (χ3n) is 4.46. The van der Waals surface area contributed by atoms with Crippen molar-refractivity contribution in [3.05, 3.63) is 94.5 Å². The highest BCUT2D eigenvalue weighted by Gasteiger charge is 2.16. The van der Waals surface area contributed by atoms with Crippen molar-refractivity contribution in [2.75, 3.05) is 5.32 Å². The van der Waals surface area contributed by atoms with E-state index in [2.05, 4.69) is 42.0 Å². The number of amides is 2. The molecule has 0 radical (unpaired) electrons. The molecule has 4 rings (SSSR count). The van der Waals surface area contributed by atoms with Crippen molar-refractivity contribution in [3.8, 4) is 16.3 Å². The summed E-state index contributed by atoms with van der Waals surface area (Å²) in [6.45, 7) is 0.424. The van der Waals surface area contributed by atoms with Crippen LogP contribution >= 0.6 is 27.3 Å². The van der Waals surface area contributed by atoms with Gasteiger partial charge >= 0.3 is 11.8 Å². The normalized spacial score (nSPS) is 10.7. The molecule has 0 aliphatic rings. The fourth-order valence-electron chi connectivity index (χ4n) is 2.79. The van der Waals surface area contributed by atoms with Crippen LogP contribution in [0.15, 0.2) is 88.4 Å². The van der Waals surface area contributed by atoms with E-state index in [1.54, 1.807) is 6.07 Å².